The summed E-state index contributed by atoms with van der Waals surface area (Å²) in [4.78, 5) is 13.2. The number of aliphatic carboxylic acids is 1. The largest absolute Gasteiger partial charge is 0.475 e. The summed E-state index contributed by atoms with van der Waals surface area (Å²) in [5, 5.41) is 8.27. The van der Waals surface area contributed by atoms with Gasteiger partial charge in [0.1, 0.15) is 0 Å². The lowest BCUT2D eigenvalue weighted by Crippen LogP contribution is -2.26. The molecule has 0 heterocycles. The molecule has 1 N–H and O–H groups in total. The van der Waals surface area contributed by atoms with Gasteiger partial charge in [-0.3, -0.25) is 0 Å². The van der Waals surface area contributed by atoms with Crippen molar-refractivity contribution in [3.05, 3.63) is 4.85 Å². The zero-order valence-electron chi connectivity index (χ0n) is 4.88. The third-order valence-electron chi connectivity index (χ3n) is 0.846. The fourth-order valence-electron chi connectivity index (χ4n) is 0.0552. The van der Waals surface area contributed by atoms with Gasteiger partial charge in [-0.15, -0.1) is 0 Å². The molecule has 0 aromatic heterocycles. The molecule has 0 atom stereocenters. The Hall–Kier alpha value is -1.04. The summed E-state index contributed by atoms with van der Waals surface area (Å²) in [7, 11) is 0. The summed E-state index contributed by atoms with van der Waals surface area (Å²) in [6, 6.07) is 0. The molecule has 0 aliphatic carbocycles. The fourth-order valence-corrected chi connectivity index (χ4v) is 0.0552. The van der Waals surface area contributed by atoms with Crippen LogP contribution in [0.15, 0.2) is 0 Å². The van der Waals surface area contributed by atoms with Gasteiger partial charge in [0.05, 0.1) is 0 Å². The fraction of sp³-hybridized carbons (Fsp3) is 0.600. The smallest absolute Gasteiger partial charge is 0.395 e. The van der Waals surface area contributed by atoms with Crippen LogP contribution >= 0.6 is 0 Å². The van der Waals surface area contributed by atoms with Crippen LogP contribution in [0, 0.1) is 6.57 Å². The number of hydrogen-bond donors (Lipinski definition) is 1. The maximum atomic E-state index is 10.1. The van der Waals surface area contributed by atoms with Crippen molar-refractivity contribution in [1.29, 1.82) is 0 Å². The number of carbonyl (C=O) groups is 1. The Morgan fingerprint density at radius 2 is 2.12 bits per heavy atom. The summed E-state index contributed by atoms with van der Waals surface area (Å²) < 4.78 is 0. The number of hydrogen-bond acceptors (Lipinski definition) is 1. The van der Waals surface area contributed by atoms with E-state index in [0.717, 1.165) is 0 Å². The zero-order chi connectivity index (χ0) is 6.78. The standard InChI is InChI=1S/C5H7NO2/c1-5(2,6-3)4(7)8/h3H,1-2H3/p+1. The molecule has 0 unspecified atom stereocenters. The lowest BCUT2D eigenvalue weighted by molar-refractivity contribution is -0.140. The molecule has 0 aliphatic heterocycles. The third kappa shape index (κ3) is 1.23. The first-order chi connectivity index (χ1) is 3.50. The van der Waals surface area contributed by atoms with Crippen molar-refractivity contribution < 1.29 is 9.90 Å². The van der Waals surface area contributed by atoms with Gasteiger partial charge >= 0.3 is 11.5 Å². The molecule has 0 amide bonds. The second-order valence-corrected chi connectivity index (χ2v) is 1.99. The average molecular weight is 114 g/mol. The second kappa shape index (κ2) is 1.83. The molecule has 0 aliphatic rings. The van der Waals surface area contributed by atoms with E-state index >= 15 is 0 Å². The van der Waals surface area contributed by atoms with E-state index in [2.05, 4.69) is 4.85 Å². The van der Waals surface area contributed by atoms with Gasteiger partial charge in [0.2, 0.25) is 0 Å². The molecule has 0 spiro atoms. The van der Waals surface area contributed by atoms with Crippen molar-refractivity contribution in [2.75, 3.05) is 0 Å². The lowest BCUT2D eigenvalue weighted by atomic mass is 10.1. The Morgan fingerprint density at radius 3 is 2.12 bits per heavy atom. The quantitative estimate of drug-likeness (QED) is 0.548. The van der Waals surface area contributed by atoms with Crippen molar-refractivity contribution >= 4 is 5.97 Å². The van der Waals surface area contributed by atoms with Crippen LogP contribution in [0.4, 0.5) is 0 Å². The van der Waals surface area contributed by atoms with Crippen molar-refractivity contribution in [3.8, 4) is 6.57 Å². The number of rotatable bonds is 1. The Morgan fingerprint density at radius 1 is 1.75 bits per heavy atom. The summed E-state index contributed by atoms with van der Waals surface area (Å²) in [6.07, 6.45) is 0. The van der Waals surface area contributed by atoms with Crippen LogP contribution in [0.2, 0.25) is 0 Å². The van der Waals surface area contributed by atoms with E-state index in [1.807, 2.05) is 0 Å². The summed E-state index contributed by atoms with van der Waals surface area (Å²) in [6.45, 7) is 7.60. The van der Waals surface area contributed by atoms with E-state index in [0.29, 0.717) is 0 Å². The highest BCUT2D eigenvalue weighted by Gasteiger charge is 2.37. The minimum atomic E-state index is -1.14. The third-order valence-corrected chi connectivity index (χ3v) is 0.846. The monoisotopic (exact) mass is 114 g/mol. The SMILES string of the molecule is C#[N+]C(C)(C)C(=O)O. The Balaban J connectivity index is 4.19. The van der Waals surface area contributed by atoms with Crippen molar-refractivity contribution in [3.63, 3.8) is 0 Å². The molecule has 0 saturated heterocycles. The molecular formula is C5H8NO2+. The molecule has 0 fully saturated rings. The van der Waals surface area contributed by atoms with Crippen LogP contribution in [0.25, 0.3) is 4.85 Å². The second-order valence-electron chi connectivity index (χ2n) is 1.99. The molecule has 44 valence electrons. The van der Waals surface area contributed by atoms with Crippen LogP contribution in [0.1, 0.15) is 13.8 Å². The lowest BCUT2D eigenvalue weighted by Gasteiger charge is -1.95. The highest BCUT2D eigenvalue weighted by molar-refractivity contribution is 5.79. The predicted octanol–water partition coefficient (Wildman–Crippen LogP) is 0.812. The molecule has 0 saturated carbocycles. The first-order valence-corrected chi connectivity index (χ1v) is 2.16. The zero-order valence-corrected chi connectivity index (χ0v) is 4.88. The normalized spacial score (nSPS) is 10.1. The first-order valence-electron chi connectivity index (χ1n) is 2.16. The number of nitrogens with zero attached hydrogens (tertiary/aromatic N) is 1. The van der Waals surface area contributed by atoms with Crippen LogP contribution in [0.5, 0.6) is 0 Å². The highest BCUT2D eigenvalue weighted by atomic mass is 16.4. The van der Waals surface area contributed by atoms with Crippen molar-refractivity contribution in [2.45, 2.75) is 19.4 Å². The molecular weight excluding hydrogens is 106 g/mol. The number of carboxylic acid groups (broad SMARTS) is 1. The predicted molar refractivity (Wildman–Crippen MR) is 30.0 cm³/mol. The van der Waals surface area contributed by atoms with Crippen molar-refractivity contribution in [2.24, 2.45) is 0 Å². The molecule has 3 nitrogen and oxygen atoms in total. The molecule has 0 rings (SSSR count). The topological polar surface area (TPSA) is 41.7 Å². The van der Waals surface area contributed by atoms with Gasteiger partial charge in [-0.25, -0.2) is 4.79 Å². The van der Waals surface area contributed by atoms with Gasteiger partial charge in [0.15, 0.2) is 0 Å². The van der Waals surface area contributed by atoms with Gasteiger partial charge in [-0.1, -0.05) is 4.85 Å². The Labute approximate surface area is 47.8 Å². The molecule has 8 heavy (non-hydrogen) atoms. The first kappa shape index (κ1) is 6.96. The van der Waals surface area contributed by atoms with E-state index in [9.17, 15) is 4.79 Å². The van der Waals surface area contributed by atoms with Crippen LogP contribution < -0.4 is 0 Å². The van der Waals surface area contributed by atoms with Gasteiger partial charge < -0.3 is 5.11 Å². The molecule has 3 heteroatoms. The van der Waals surface area contributed by atoms with Gasteiger partial charge in [-0.2, -0.15) is 0 Å². The van der Waals surface area contributed by atoms with Crippen LogP contribution in [-0.4, -0.2) is 16.6 Å². The molecule has 0 aromatic carbocycles. The van der Waals surface area contributed by atoms with E-state index in [1.165, 1.54) is 13.8 Å². The van der Waals surface area contributed by atoms with Gasteiger partial charge in [0, 0.05) is 13.8 Å². The molecule has 0 bridgehead atoms. The minimum absolute atomic E-state index is 1.01. The summed E-state index contributed by atoms with van der Waals surface area (Å²) in [5.74, 6) is -1.01. The number of carboxylic acids is 1. The molecule has 0 radical (unpaired) electrons. The maximum absolute atomic E-state index is 10.1. The van der Waals surface area contributed by atoms with E-state index in [-0.39, 0.29) is 0 Å². The van der Waals surface area contributed by atoms with Crippen LogP contribution in [-0.2, 0) is 4.79 Å². The van der Waals surface area contributed by atoms with Crippen LogP contribution in [0.3, 0.4) is 0 Å². The highest BCUT2D eigenvalue weighted by Crippen LogP contribution is 2.06. The summed E-state index contributed by atoms with van der Waals surface area (Å²) in [5.41, 5.74) is -1.14. The Bertz CT molecular complexity index is 143. The Kier molecular flexibility index (Phi) is 1.59. The van der Waals surface area contributed by atoms with Gasteiger partial charge in [-0.05, 0) is 0 Å². The van der Waals surface area contributed by atoms with Crippen molar-refractivity contribution in [1.82, 2.24) is 0 Å². The van der Waals surface area contributed by atoms with E-state index in [4.69, 9.17) is 11.7 Å². The molecule has 0 aromatic rings. The minimum Gasteiger partial charge on any atom is -0.475 e. The average Bonchev–Trinajstić information content (AvgIpc) is 1.67. The summed E-state index contributed by atoms with van der Waals surface area (Å²) >= 11 is 0. The van der Waals surface area contributed by atoms with Gasteiger partial charge in [0.25, 0.3) is 6.57 Å². The van der Waals surface area contributed by atoms with E-state index < -0.39 is 11.5 Å². The van der Waals surface area contributed by atoms with E-state index in [1.54, 1.807) is 0 Å². The maximum Gasteiger partial charge on any atom is 0.395 e.